The van der Waals surface area contributed by atoms with Crippen LogP contribution in [0.2, 0.25) is 0 Å². The number of rotatable bonds is 4. The van der Waals surface area contributed by atoms with Gasteiger partial charge in [0.1, 0.15) is 6.04 Å². The van der Waals surface area contributed by atoms with Gasteiger partial charge in [0, 0.05) is 24.7 Å². The summed E-state index contributed by atoms with van der Waals surface area (Å²) in [4.78, 5) is 53.8. The zero-order chi connectivity index (χ0) is 25.6. The standard InChI is InChI=1S/C22H16F3N7O4/c23-22(24,25)12-6-13(8-26-7-12)27-19(34)16-10-32(30-29-16)14-1-2-15-11(5-14)9-31(21(15)36)17-3-4-18(33)28-20(17)35/h1-2,5-8,10,17H,3-4,9H2,(H,27,34)(H,28,33,35). The van der Waals surface area contributed by atoms with Gasteiger partial charge in [0.05, 0.1) is 29.3 Å². The van der Waals surface area contributed by atoms with E-state index in [-0.39, 0.29) is 42.6 Å². The molecule has 0 radical (unpaired) electrons. The third-order valence-corrected chi connectivity index (χ3v) is 5.82. The smallest absolute Gasteiger partial charge is 0.322 e. The molecule has 1 aromatic carbocycles. The number of benzene rings is 1. The maximum atomic E-state index is 12.9. The Morgan fingerprint density at radius 1 is 1.14 bits per heavy atom. The minimum Gasteiger partial charge on any atom is -0.322 e. The summed E-state index contributed by atoms with van der Waals surface area (Å²) in [5, 5.41) is 12.2. The van der Waals surface area contributed by atoms with Crippen molar-refractivity contribution in [3.8, 4) is 5.69 Å². The molecule has 0 bridgehead atoms. The fraction of sp³-hybridized carbons (Fsp3) is 0.227. The van der Waals surface area contributed by atoms with Gasteiger partial charge in [-0.3, -0.25) is 29.5 Å². The van der Waals surface area contributed by atoms with E-state index in [4.69, 9.17) is 0 Å². The number of piperidine rings is 1. The molecule has 36 heavy (non-hydrogen) atoms. The lowest BCUT2D eigenvalue weighted by molar-refractivity contribution is -0.138. The van der Waals surface area contributed by atoms with Crippen molar-refractivity contribution < 1.29 is 32.3 Å². The van der Waals surface area contributed by atoms with Crippen molar-refractivity contribution in [1.82, 2.24) is 30.2 Å². The van der Waals surface area contributed by atoms with E-state index in [2.05, 4.69) is 25.9 Å². The minimum atomic E-state index is -4.61. The van der Waals surface area contributed by atoms with Crippen molar-refractivity contribution in [3.05, 3.63) is 65.2 Å². The molecule has 184 valence electrons. The number of nitrogens with one attached hydrogen (secondary N) is 2. The molecule has 2 aromatic heterocycles. The molecule has 0 aliphatic carbocycles. The molecule has 1 atom stereocenters. The summed E-state index contributed by atoms with van der Waals surface area (Å²) in [6.45, 7) is 0.152. The van der Waals surface area contributed by atoms with Crippen LogP contribution in [0, 0.1) is 0 Å². The lowest BCUT2D eigenvalue weighted by atomic mass is 10.0. The quantitative estimate of drug-likeness (QED) is 0.521. The van der Waals surface area contributed by atoms with Gasteiger partial charge in [-0.25, -0.2) is 4.68 Å². The number of hydrogen-bond acceptors (Lipinski definition) is 7. The molecular weight excluding hydrogens is 483 g/mol. The van der Waals surface area contributed by atoms with Gasteiger partial charge in [0.2, 0.25) is 11.8 Å². The van der Waals surface area contributed by atoms with Gasteiger partial charge >= 0.3 is 6.18 Å². The lowest BCUT2D eigenvalue weighted by Crippen LogP contribution is -2.52. The van der Waals surface area contributed by atoms with Gasteiger partial charge in [-0.15, -0.1) is 5.10 Å². The number of alkyl halides is 3. The van der Waals surface area contributed by atoms with Crippen molar-refractivity contribution in [2.45, 2.75) is 31.6 Å². The van der Waals surface area contributed by atoms with E-state index in [1.807, 2.05) is 0 Å². The maximum absolute atomic E-state index is 12.9. The van der Waals surface area contributed by atoms with E-state index in [1.165, 1.54) is 15.8 Å². The Bertz CT molecular complexity index is 1420. The number of halogens is 3. The van der Waals surface area contributed by atoms with Crippen LogP contribution >= 0.6 is 0 Å². The molecule has 2 aliphatic rings. The summed E-state index contributed by atoms with van der Waals surface area (Å²) >= 11 is 0. The molecule has 1 saturated heterocycles. The average molecular weight is 499 g/mol. The van der Waals surface area contributed by atoms with Crippen LogP contribution in [-0.4, -0.2) is 54.5 Å². The second-order valence-electron chi connectivity index (χ2n) is 8.20. The van der Waals surface area contributed by atoms with Crippen LogP contribution < -0.4 is 10.6 Å². The topological polar surface area (TPSA) is 139 Å². The Labute approximate surface area is 200 Å². The second-order valence-corrected chi connectivity index (χ2v) is 8.20. The summed E-state index contributed by atoms with van der Waals surface area (Å²) in [5.41, 5.74) is 0.169. The molecule has 2 N–H and O–H groups in total. The molecule has 14 heteroatoms. The molecule has 2 aliphatic heterocycles. The summed E-state index contributed by atoms with van der Waals surface area (Å²) < 4.78 is 39.9. The van der Waals surface area contributed by atoms with E-state index in [0.717, 1.165) is 12.3 Å². The fourth-order valence-electron chi connectivity index (χ4n) is 4.06. The van der Waals surface area contributed by atoms with Crippen LogP contribution in [0.4, 0.5) is 18.9 Å². The predicted molar refractivity (Wildman–Crippen MR) is 115 cm³/mol. The summed E-state index contributed by atoms with van der Waals surface area (Å²) in [6, 6.07) is 4.80. The Hall–Kier alpha value is -4.62. The molecule has 3 aromatic rings. The van der Waals surface area contributed by atoms with Crippen LogP contribution in [0.5, 0.6) is 0 Å². The fourth-order valence-corrected chi connectivity index (χ4v) is 4.06. The number of hydrogen-bond donors (Lipinski definition) is 2. The molecule has 4 amide bonds. The van der Waals surface area contributed by atoms with E-state index < -0.39 is 29.6 Å². The van der Waals surface area contributed by atoms with Crippen molar-refractivity contribution in [2.24, 2.45) is 0 Å². The number of fused-ring (bicyclic) bond motifs is 1. The zero-order valence-corrected chi connectivity index (χ0v) is 18.2. The number of carbonyl (C=O) groups excluding carboxylic acids is 4. The maximum Gasteiger partial charge on any atom is 0.417 e. The van der Waals surface area contributed by atoms with Gasteiger partial charge in [0.25, 0.3) is 11.8 Å². The Morgan fingerprint density at radius 3 is 2.69 bits per heavy atom. The normalized spacial score (nSPS) is 17.7. The first-order valence-electron chi connectivity index (χ1n) is 10.6. The molecule has 11 nitrogen and oxygen atoms in total. The largest absolute Gasteiger partial charge is 0.417 e. The molecule has 1 unspecified atom stereocenters. The Morgan fingerprint density at radius 2 is 1.94 bits per heavy atom. The van der Waals surface area contributed by atoms with Gasteiger partial charge in [-0.1, -0.05) is 5.21 Å². The molecule has 4 heterocycles. The number of amides is 4. The monoisotopic (exact) mass is 499 g/mol. The van der Waals surface area contributed by atoms with Crippen LogP contribution in [0.3, 0.4) is 0 Å². The van der Waals surface area contributed by atoms with Gasteiger partial charge in [-0.2, -0.15) is 13.2 Å². The first-order chi connectivity index (χ1) is 17.1. The molecule has 5 rings (SSSR count). The van der Waals surface area contributed by atoms with Crippen LogP contribution in [0.1, 0.15) is 44.8 Å². The Balaban J connectivity index is 1.32. The molecular formula is C22H16F3N7O4. The third-order valence-electron chi connectivity index (χ3n) is 5.82. The highest BCUT2D eigenvalue weighted by Crippen LogP contribution is 2.30. The number of carbonyl (C=O) groups is 4. The first kappa shape index (κ1) is 23.1. The summed E-state index contributed by atoms with van der Waals surface area (Å²) in [5.74, 6) is -2.02. The van der Waals surface area contributed by atoms with Crippen LogP contribution in [-0.2, 0) is 22.3 Å². The van der Waals surface area contributed by atoms with Crippen molar-refractivity contribution in [3.63, 3.8) is 0 Å². The highest BCUT2D eigenvalue weighted by atomic mass is 19.4. The molecule has 0 saturated carbocycles. The number of imide groups is 1. The van der Waals surface area contributed by atoms with Gasteiger partial charge < -0.3 is 10.2 Å². The number of anilines is 1. The van der Waals surface area contributed by atoms with Crippen LogP contribution in [0.15, 0.2) is 42.9 Å². The van der Waals surface area contributed by atoms with E-state index in [9.17, 15) is 32.3 Å². The van der Waals surface area contributed by atoms with Gasteiger partial charge in [0.15, 0.2) is 5.69 Å². The highest BCUT2D eigenvalue weighted by Gasteiger charge is 2.39. The van der Waals surface area contributed by atoms with E-state index in [1.54, 1.807) is 18.2 Å². The number of aromatic nitrogens is 4. The van der Waals surface area contributed by atoms with Crippen molar-refractivity contribution >= 4 is 29.3 Å². The van der Waals surface area contributed by atoms with Crippen molar-refractivity contribution in [2.75, 3.05) is 5.32 Å². The SMILES string of the molecule is O=C1CCC(N2Cc3cc(-n4cc(C(=O)Nc5cncc(C(F)(F)F)c5)nn4)ccc3C2=O)C(=O)N1. The van der Waals surface area contributed by atoms with Crippen LogP contribution in [0.25, 0.3) is 5.69 Å². The predicted octanol–water partition coefficient (Wildman–Crippen LogP) is 1.69. The summed E-state index contributed by atoms with van der Waals surface area (Å²) in [7, 11) is 0. The van der Waals surface area contributed by atoms with Crippen molar-refractivity contribution in [1.29, 1.82) is 0 Å². The highest BCUT2D eigenvalue weighted by molar-refractivity contribution is 6.05. The van der Waals surface area contributed by atoms with E-state index in [0.29, 0.717) is 23.0 Å². The zero-order valence-electron chi connectivity index (χ0n) is 18.2. The van der Waals surface area contributed by atoms with Gasteiger partial charge in [-0.05, 0) is 36.2 Å². The minimum absolute atomic E-state index is 0.141. The Kier molecular flexibility index (Phi) is 5.50. The molecule has 0 spiro atoms. The summed E-state index contributed by atoms with van der Waals surface area (Å²) in [6.07, 6.45) is -1.23. The third kappa shape index (κ3) is 4.28. The lowest BCUT2D eigenvalue weighted by Gasteiger charge is -2.29. The van der Waals surface area contributed by atoms with E-state index >= 15 is 0 Å². The first-order valence-corrected chi connectivity index (χ1v) is 10.6. The number of nitrogens with zero attached hydrogens (tertiary/aromatic N) is 5. The second kappa shape index (κ2) is 8.55. The average Bonchev–Trinajstić information content (AvgIpc) is 3.44. The number of pyridine rings is 1. The molecule has 1 fully saturated rings.